The number of rotatable bonds is 4. The molecule has 0 radical (unpaired) electrons. The van der Waals surface area contributed by atoms with Gasteiger partial charge in [-0.2, -0.15) is 0 Å². The van der Waals surface area contributed by atoms with E-state index in [4.69, 9.17) is 0 Å². The van der Waals surface area contributed by atoms with E-state index < -0.39 is 0 Å². The number of hydrogen-bond acceptors (Lipinski definition) is 1. The quantitative estimate of drug-likeness (QED) is 0.374. The van der Waals surface area contributed by atoms with Crippen molar-refractivity contribution in [2.45, 2.75) is 20.3 Å². The normalized spacial score (nSPS) is 13.2. The van der Waals surface area contributed by atoms with Gasteiger partial charge < -0.3 is 0 Å². The highest BCUT2D eigenvalue weighted by Gasteiger charge is 2.21. The van der Waals surface area contributed by atoms with Crippen molar-refractivity contribution in [3.63, 3.8) is 0 Å². The van der Waals surface area contributed by atoms with Gasteiger partial charge >= 0.3 is 0 Å². The van der Waals surface area contributed by atoms with Gasteiger partial charge in [0.15, 0.2) is 0 Å². The summed E-state index contributed by atoms with van der Waals surface area (Å²) in [4.78, 5) is 11.5. The van der Waals surface area contributed by atoms with Crippen LogP contribution in [0.3, 0.4) is 0 Å². The van der Waals surface area contributed by atoms with Crippen LogP contribution >= 0.6 is 7.92 Å². The molecule has 0 amide bonds. The minimum absolute atomic E-state index is 0.261. The Morgan fingerprint density at radius 3 is 2.08 bits per heavy atom. The third-order valence-corrected chi connectivity index (χ3v) is 3.27. The molecule has 0 aromatic rings. The van der Waals surface area contributed by atoms with Gasteiger partial charge in [-0.25, -0.2) is 4.58 Å². The highest BCUT2D eigenvalue weighted by atomic mass is 31.1. The minimum Gasteiger partial charge on any atom is -0.287 e. The lowest BCUT2D eigenvalue weighted by atomic mass is 10.3. The zero-order chi connectivity index (χ0) is 9.72. The maximum absolute atomic E-state index is 11.5. The van der Waals surface area contributed by atoms with Crippen molar-refractivity contribution in [3.05, 3.63) is 0 Å². The third kappa shape index (κ3) is 3.02. The Morgan fingerprint density at radius 2 is 1.83 bits per heavy atom. The van der Waals surface area contributed by atoms with E-state index in [-0.39, 0.29) is 7.92 Å². The molecule has 3 heteroatoms. The van der Waals surface area contributed by atoms with Gasteiger partial charge in [-0.3, -0.25) is 4.79 Å². The number of carbonyl (C=O) groups is 1. The zero-order valence-electron chi connectivity index (χ0n) is 8.72. The summed E-state index contributed by atoms with van der Waals surface area (Å²) in [5.41, 5.74) is 1.02. The van der Waals surface area contributed by atoms with Gasteiger partial charge in [-0.15, -0.1) is 0 Å². The fourth-order valence-electron chi connectivity index (χ4n) is 1.11. The smallest absolute Gasteiger partial charge is 0.238 e. The molecular formula is C9H19NOP+. The van der Waals surface area contributed by atoms with Crippen LogP contribution in [-0.2, 0) is 4.79 Å². The van der Waals surface area contributed by atoms with Crippen LogP contribution in [0.4, 0.5) is 0 Å². The van der Waals surface area contributed by atoms with Gasteiger partial charge in [0.25, 0.3) is 0 Å². The van der Waals surface area contributed by atoms with Gasteiger partial charge in [0.2, 0.25) is 11.2 Å². The molecule has 0 atom stereocenters. The van der Waals surface area contributed by atoms with Crippen molar-refractivity contribution in [2.75, 3.05) is 26.9 Å². The van der Waals surface area contributed by atoms with Crippen molar-refractivity contribution in [2.24, 2.45) is 0 Å². The number of hydrogen-bond donors (Lipinski definition) is 0. The molecular weight excluding hydrogens is 169 g/mol. The molecule has 0 bridgehead atoms. The van der Waals surface area contributed by atoms with Crippen molar-refractivity contribution in [1.29, 1.82) is 0 Å². The van der Waals surface area contributed by atoms with E-state index in [0.29, 0.717) is 12.2 Å². The second-order valence-corrected chi connectivity index (χ2v) is 5.22. The average molecular weight is 188 g/mol. The SMILES string of the molecule is CCC(=O)C(=[N+](C)CC)P(C)C. The molecule has 2 nitrogen and oxygen atoms in total. The van der Waals surface area contributed by atoms with Crippen molar-refractivity contribution in [3.8, 4) is 0 Å². The van der Waals surface area contributed by atoms with Gasteiger partial charge in [-0.1, -0.05) is 6.92 Å². The molecule has 12 heavy (non-hydrogen) atoms. The van der Waals surface area contributed by atoms with Gasteiger partial charge in [0, 0.05) is 6.42 Å². The lowest BCUT2D eigenvalue weighted by Gasteiger charge is -2.06. The predicted octanol–water partition coefficient (Wildman–Crippen LogP) is 1.77. The number of ketones is 1. The number of nitrogens with zero attached hydrogens (tertiary/aromatic N) is 1. The largest absolute Gasteiger partial charge is 0.287 e. The monoisotopic (exact) mass is 188 g/mol. The molecule has 0 saturated carbocycles. The van der Waals surface area contributed by atoms with E-state index in [1.54, 1.807) is 0 Å². The Balaban J connectivity index is 4.78. The molecule has 0 rings (SSSR count). The Bertz CT molecular complexity index is 197. The van der Waals surface area contributed by atoms with E-state index in [9.17, 15) is 4.79 Å². The van der Waals surface area contributed by atoms with Crippen molar-refractivity contribution >= 4 is 19.2 Å². The second-order valence-electron chi connectivity index (χ2n) is 3.01. The first-order valence-electron chi connectivity index (χ1n) is 4.33. The molecule has 70 valence electrons. The molecule has 0 aliphatic heterocycles. The standard InChI is InChI=1S/C9H19NOP/c1-6-8(11)9(12(4)5)10(3)7-2/h6-7H2,1-5H3/q+1. The molecule has 0 heterocycles. The number of carbonyl (C=O) groups excluding carboxylic acids is 1. The molecule has 0 fully saturated rings. The molecule has 0 saturated heterocycles. The predicted molar refractivity (Wildman–Crippen MR) is 55.8 cm³/mol. The second kappa shape index (κ2) is 5.42. The Labute approximate surface area is 76.4 Å². The van der Waals surface area contributed by atoms with Crippen LogP contribution in [0.1, 0.15) is 20.3 Å². The molecule has 0 aromatic carbocycles. The topological polar surface area (TPSA) is 20.1 Å². The van der Waals surface area contributed by atoms with Crippen LogP contribution in [0.5, 0.6) is 0 Å². The lowest BCUT2D eigenvalue weighted by molar-refractivity contribution is -0.489. The first-order valence-corrected chi connectivity index (χ1v) is 6.56. The molecule has 0 aromatic heterocycles. The van der Waals surface area contributed by atoms with E-state index in [2.05, 4.69) is 24.8 Å². The van der Waals surface area contributed by atoms with Gasteiger partial charge in [-0.05, 0) is 28.2 Å². The summed E-state index contributed by atoms with van der Waals surface area (Å²) >= 11 is 0. The van der Waals surface area contributed by atoms with Crippen molar-refractivity contribution in [1.82, 2.24) is 0 Å². The highest BCUT2D eigenvalue weighted by Crippen LogP contribution is 2.27. The maximum atomic E-state index is 11.5. The highest BCUT2D eigenvalue weighted by molar-refractivity contribution is 7.76. The maximum Gasteiger partial charge on any atom is 0.238 e. The number of Topliss-reactive ketones (excluding diaryl/α,β-unsaturated/α-hetero) is 1. The first kappa shape index (κ1) is 11.8. The summed E-state index contributed by atoms with van der Waals surface area (Å²) in [6.45, 7) is 9.17. The Kier molecular flexibility index (Phi) is 5.32. The summed E-state index contributed by atoms with van der Waals surface area (Å²) in [6, 6.07) is 0. The first-order chi connectivity index (χ1) is 5.54. The zero-order valence-corrected chi connectivity index (χ0v) is 9.61. The third-order valence-electron chi connectivity index (χ3n) is 1.83. The van der Waals surface area contributed by atoms with E-state index in [1.165, 1.54) is 0 Å². The molecule has 0 aliphatic rings. The Morgan fingerprint density at radius 1 is 1.33 bits per heavy atom. The van der Waals surface area contributed by atoms with Crippen LogP contribution in [0.2, 0.25) is 0 Å². The van der Waals surface area contributed by atoms with Crippen LogP contribution in [0, 0.1) is 0 Å². The van der Waals surface area contributed by atoms with Gasteiger partial charge in [0.05, 0.1) is 0 Å². The van der Waals surface area contributed by atoms with E-state index >= 15 is 0 Å². The van der Waals surface area contributed by atoms with Crippen LogP contribution in [0.25, 0.3) is 0 Å². The molecule has 0 N–H and O–H groups in total. The summed E-state index contributed by atoms with van der Waals surface area (Å²) < 4.78 is 2.07. The summed E-state index contributed by atoms with van der Waals surface area (Å²) in [5, 5.41) is 0. The summed E-state index contributed by atoms with van der Waals surface area (Å²) in [5.74, 6) is 0.301. The van der Waals surface area contributed by atoms with Crippen LogP contribution < -0.4 is 0 Å². The summed E-state index contributed by atoms with van der Waals surface area (Å²) in [6.07, 6.45) is 0.625. The fraction of sp³-hybridized carbons (Fsp3) is 0.778. The average Bonchev–Trinajstić information content (AvgIpc) is 2.03. The summed E-state index contributed by atoms with van der Waals surface area (Å²) in [7, 11) is 1.73. The minimum atomic E-state index is -0.261. The van der Waals surface area contributed by atoms with Crippen LogP contribution in [-0.4, -0.2) is 42.7 Å². The van der Waals surface area contributed by atoms with Crippen molar-refractivity contribution < 1.29 is 9.37 Å². The van der Waals surface area contributed by atoms with Crippen LogP contribution in [0.15, 0.2) is 0 Å². The fourth-order valence-corrected chi connectivity index (χ4v) is 2.59. The van der Waals surface area contributed by atoms with Gasteiger partial charge in [0.1, 0.15) is 13.6 Å². The molecule has 0 spiro atoms. The lowest BCUT2D eigenvalue weighted by Crippen LogP contribution is -2.23. The Hall–Kier alpha value is -0.230. The van der Waals surface area contributed by atoms with E-state index in [0.717, 1.165) is 12.0 Å². The molecule has 0 unspecified atom stereocenters. The van der Waals surface area contributed by atoms with E-state index in [1.807, 2.05) is 14.0 Å². The molecule has 0 aliphatic carbocycles.